The van der Waals surface area contributed by atoms with Crippen molar-refractivity contribution in [3.63, 3.8) is 0 Å². The summed E-state index contributed by atoms with van der Waals surface area (Å²) in [6, 6.07) is 14.4. The third-order valence-electron chi connectivity index (χ3n) is 3.58. The Morgan fingerprint density at radius 2 is 1.88 bits per heavy atom. The summed E-state index contributed by atoms with van der Waals surface area (Å²) >= 11 is 0. The maximum absolute atomic E-state index is 12.2. The van der Waals surface area contributed by atoms with E-state index < -0.39 is 0 Å². The van der Waals surface area contributed by atoms with Gasteiger partial charge in [0, 0.05) is 25.4 Å². The number of benzene rings is 1. The summed E-state index contributed by atoms with van der Waals surface area (Å²) in [5, 5.41) is 7.08. The molecule has 7 nitrogen and oxygen atoms in total. The first-order chi connectivity index (χ1) is 11.7. The van der Waals surface area contributed by atoms with Gasteiger partial charge in [-0.3, -0.25) is 14.3 Å². The molecule has 0 radical (unpaired) electrons. The van der Waals surface area contributed by atoms with Crippen LogP contribution in [0.3, 0.4) is 0 Å². The number of amides is 1. The predicted octanol–water partition coefficient (Wildman–Crippen LogP) is 1.07. The van der Waals surface area contributed by atoms with Crippen LogP contribution in [-0.4, -0.2) is 31.8 Å². The summed E-state index contributed by atoms with van der Waals surface area (Å²) in [4.78, 5) is 28.4. The quantitative estimate of drug-likeness (QED) is 0.761. The minimum atomic E-state index is -0.246. The van der Waals surface area contributed by atoms with Crippen molar-refractivity contribution in [1.29, 1.82) is 0 Å². The molecule has 1 N–H and O–H groups in total. The maximum Gasteiger partial charge on any atom is 0.346 e. The summed E-state index contributed by atoms with van der Waals surface area (Å²) in [5.41, 5.74) is 0.967. The first-order valence-corrected chi connectivity index (χ1v) is 7.55. The summed E-state index contributed by atoms with van der Waals surface area (Å²) in [6.45, 7) is 0.602. The molecule has 2 aromatic heterocycles. The van der Waals surface area contributed by atoms with Crippen LogP contribution in [0.2, 0.25) is 0 Å². The fourth-order valence-electron chi connectivity index (χ4n) is 2.32. The topological polar surface area (TPSA) is 81.8 Å². The number of hydrogen-bond donors (Lipinski definition) is 1. The van der Waals surface area contributed by atoms with E-state index in [2.05, 4.69) is 15.4 Å². The molecule has 7 heteroatoms. The van der Waals surface area contributed by atoms with E-state index in [1.54, 1.807) is 49.6 Å². The summed E-state index contributed by atoms with van der Waals surface area (Å²) in [7, 11) is 1.65. The number of carbonyl (C=O) groups is 1. The normalized spacial score (nSPS) is 10.5. The zero-order chi connectivity index (χ0) is 16.9. The third-order valence-corrected chi connectivity index (χ3v) is 3.58. The zero-order valence-corrected chi connectivity index (χ0v) is 13.2. The molecule has 24 heavy (non-hydrogen) atoms. The van der Waals surface area contributed by atoms with Gasteiger partial charge >= 0.3 is 5.69 Å². The van der Waals surface area contributed by atoms with Crippen molar-refractivity contribution in [2.75, 3.05) is 6.54 Å². The van der Waals surface area contributed by atoms with Gasteiger partial charge < -0.3 is 5.32 Å². The molecule has 1 aromatic carbocycles. The van der Waals surface area contributed by atoms with E-state index in [0.29, 0.717) is 23.6 Å². The Kier molecular flexibility index (Phi) is 4.51. The largest absolute Gasteiger partial charge is 0.350 e. The van der Waals surface area contributed by atoms with Crippen LogP contribution in [0.1, 0.15) is 10.4 Å². The number of nitrogens with zero attached hydrogens (tertiary/aromatic N) is 4. The average Bonchev–Trinajstić information content (AvgIpc) is 2.92. The minimum Gasteiger partial charge on any atom is -0.350 e. The predicted molar refractivity (Wildman–Crippen MR) is 89.5 cm³/mol. The smallest absolute Gasteiger partial charge is 0.346 e. The monoisotopic (exact) mass is 323 g/mol. The zero-order valence-electron chi connectivity index (χ0n) is 13.2. The van der Waals surface area contributed by atoms with Gasteiger partial charge in [-0.1, -0.05) is 24.3 Å². The minimum absolute atomic E-state index is 0.176. The Labute approximate surface area is 138 Å². The van der Waals surface area contributed by atoms with Crippen LogP contribution in [0.15, 0.2) is 59.5 Å². The van der Waals surface area contributed by atoms with Gasteiger partial charge in [0.05, 0.1) is 6.54 Å². The van der Waals surface area contributed by atoms with Gasteiger partial charge in [-0.15, -0.1) is 5.10 Å². The second-order valence-corrected chi connectivity index (χ2v) is 5.23. The molecule has 0 saturated carbocycles. The standard InChI is InChI=1S/C17H17N5O2/c1-21-15(14-9-5-6-10-18-14)20-22(17(21)24)12-11-19-16(23)13-7-3-2-4-8-13/h2-10H,11-12H2,1H3,(H,19,23). The molecule has 3 rings (SSSR count). The van der Waals surface area contributed by atoms with Crippen LogP contribution < -0.4 is 11.0 Å². The molecule has 0 aliphatic rings. The molecular weight excluding hydrogens is 306 g/mol. The van der Waals surface area contributed by atoms with E-state index in [1.807, 2.05) is 12.1 Å². The molecule has 1 amide bonds. The number of pyridine rings is 1. The van der Waals surface area contributed by atoms with Gasteiger partial charge in [-0.25, -0.2) is 9.48 Å². The molecule has 0 spiro atoms. The first kappa shape index (κ1) is 15.7. The average molecular weight is 323 g/mol. The molecule has 0 aliphatic heterocycles. The van der Waals surface area contributed by atoms with Crippen molar-refractivity contribution in [1.82, 2.24) is 24.6 Å². The van der Waals surface area contributed by atoms with Crippen LogP contribution in [0.5, 0.6) is 0 Å². The number of hydrogen-bond acceptors (Lipinski definition) is 4. The van der Waals surface area contributed by atoms with Gasteiger partial charge in [0.2, 0.25) is 0 Å². The molecule has 3 aromatic rings. The fourth-order valence-corrected chi connectivity index (χ4v) is 2.32. The van der Waals surface area contributed by atoms with Gasteiger partial charge in [0.25, 0.3) is 5.91 Å². The Morgan fingerprint density at radius 3 is 2.58 bits per heavy atom. The summed E-state index contributed by atoms with van der Waals surface area (Å²) < 4.78 is 2.77. The highest BCUT2D eigenvalue weighted by Gasteiger charge is 2.13. The second-order valence-electron chi connectivity index (χ2n) is 5.23. The molecule has 122 valence electrons. The maximum atomic E-state index is 12.2. The SMILES string of the molecule is Cn1c(-c2ccccn2)nn(CCNC(=O)c2ccccc2)c1=O. The van der Waals surface area contributed by atoms with Crippen LogP contribution >= 0.6 is 0 Å². The molecular formula is C17H17N5O2. The second kappa shape index (κ2) is 6.91. The Balaban J connectivity index is 1.68. The van der Waals surface area contributed by atoms with Crippen LogP contribution in [-0.2, 0) is 13.6 Å². The summed E-state index contributed by atoms with van der Waals surface area (Å²) in [6.07, 6.45) is 1.65. The van der Waals surface area contributed by atoms with E-state index in [9.17, 15) is 9.59 Å². The van der Waals surface area contributed by atoms with Gasteiger partial charge in [0.15, 0.2) is 5.82 Å². The molecule has 0 saturated heterocycles. The highest BCUT2D eigenvalue weighted by atomic mass is 16.2. The Hall–Kier alpha value is -3.22. The molecule has 2 heterocycles. The van der Waals surface area contributed by atoms with Gasteiger partial charge in [0.1, 0.15) is 5.69 Å². The van der Waals surface area contributed by atoms with Crippen LogP contribution in [0, 0.1) is 0 Å². The van der Waals surface area contributed by atoms with Crippen molar-refractivity contribution in [3.8, 4) is 11.5 Å². The van der Waals surface area contributed by atoms with Crippen molar-refractivity contribution < 1.29 is 4.79 Å². The lowest BCUT2D eigenvalue weighted by Gasteiger charge is -2.04. The Bertz CT molecular complexity index is 884. The van der Waals surface area contributed by atoms with Crippen molar-refractivity contribution >= 4 is 5.91 Å². The fraction of sp³-hybridized carbons (Fsp3) is 0.176. The van der Waals surface area contributed by atoms with E-state index in [-0.39, 0.29) is 18.1 Å². The van der Waals surface area contributed by atoms with Crippen molar-refractivity contribution in [2.45, 2.75) is 6.54 Å². The first-order valence-electron chi connectivity index (χ1n) is 7.55. The summed E-state index contributed by atoms with van der Waals surface area (Å²) in [5.74, 6) is 0.319. The van der Waals surface area contributed by atoms with Crippen LogP contribution in [0.25, 0.3) is 11.5 Å². The van der Waals surface area contributed by atoms with Crippen LogP contribution in [0.4, 0.5) is 0 Å². The molecule has 0 bridgehead atoms. The third kappa shape index (κ3) is 3.24. The number of nitrogens with one attached hydrogen (secondary N) is 1. The van der Waals surface area contributed by atoms with Gasteiger partial charge in [-0.2, -0.15) is 0 Å². The lowest BCUT2D eigenvalue weighted by molar-refractivity contribution is 0.0952. The number of carbonyl (C=O) groups excluding carboxylic acids is 1. The number of aromatic nitrogens is 4. The number of rotatable bonds is 5. The van der Waals surface area contributed by atoms with E-state index in [1.165, 1.54) is 9.25 Å². The molecule has 0 atom stereocenters. The highest BCUT2D eigenvalue weighted by molar-refractivity contribution is 5.94. The van der Waals surface area contributed by atoms with Crippen molar-refractivity contribution in [3.05, 3.63) is 70.8 Å². The lowest BCUT2D eigenvalue weighted by Crippen LogP contribution is -2.31. The van der Waals surface area contributed by atoms with Crippen molar-refractivity contribution in [2.24, 2.45) is 7.05 Å². The van der Waals surface area contributed by atoms with E-state index in [0.717, 1.165) is 0 Å². The highest BCUT2D eigenvalue weighted by Crippen LogP contribution is 2.10. The van der Waals surface area contributed by atoms with E-state index in [4.69, 9.17) is 0 Å². The Morgan fingerprint density at radius 1 is 1.12 bits per heavy atom. The molecule has 0 unspecified atom stereocenters. The molecule has 0 aliphatic carbocycles. The molecule has 0 fully saturated rings. The van der Waals surface area contributed by atoms with E-state index >= 15 is 0 Å². The lowest BCUT2D eigenvalue weighted by atomic mass is 10.2. The van der Waals surface area contributed by atoms with Gasteiger partial charge in [-0.05, 0) is 24.3 Å².